The molecule has 0 bridgehead atoms. The Labute approximate surface area is 196 Å². The molecule has 0 spiro atoms. The lowest BCUT2D eigenvalue weighted by Crippen LogP contribution is -2.41. The molecule has 1 atom stereocenters. The first kappa shape index (κ1) is 29.9. The highest BCUT2D eigenvalue weighted by molar-refractivity contribution is 6.13. The van der Waals surface area contributed by atoms with Crippen LogP contribution in [0.2, 0.25) is 0 Å². The fraction of sp³-hybridized carbons (Fsp3) is 0.840. The van der Waals surface area contributed by atoms with Gasteiger partial charge in [-0.15, -0.1) is 0 Å². The molecule has 0 aliphatic heterocycles. The highest BCUT2D eigenvalue weighted by atomic mass is 35.5. The number of amides is 1. The summed E-state index contributed by atoms with van der Waals surface area (Å²) < 4.78 is 4.80. The molecule has 0 aromatic rings. The summed E-state index contributed by atoms with van der Waals surface area (Å²) in [4.78, 5) is 26.5. The monoisotopic (exact) mass is 458 g/mol. The number of methoxy groups -OCH3 is 1. The van der Waals surface area contributed by atoms with Crippen LogP contribution in [0.25, 0.3) is 0 Å². The summed E-state index contributed by atoms with van der Waals surface area (Å²) in [5.41, 5.74) is 0. The molecule has 0 unspecified atom stereocenters. The van der Waals surface area contributed by atoms with Gasteiger partial charge in [0.15, 0.2) is 0 Å². The van der Waals surface area contributed by atoms with E-state index in [9.17, 15) is 9.59 Å². The SMILES string of the molecule is CCCCCCCC/C=C\CCCCCCCC(=O)N[C@@H](CCCCNCl)C(=O)OC. The van der Waals surface area contributed by atoms with Gasteiger partial charge in [0.1, 0.15) is 6.04 Å². The van der Waals surface area contributed by atoms with Crippen molar-refractivity contribution in [2.75, 3.05) is 13.7 Å². The van der Waals surface area contributed by atoms with E-state index in [2.05, 4.69) is 29.2 Å². The number of unbranched alkanes of at least 4 members (excludes halogenated alkanes) is 12. The number of hydrogen-bond acceptors (Lipinski definition) is 4. The second kappa shape index (κ2) is 23.6. The summed E-state index contributed by atoms with van der Waals surface area (Å²) in [6.07, 6.45) is 23.4. The molecule has 0 aromatic carbocycles. The van der Waals surface area contributed by atoms with Gasteiger partial charge in [0.05, 0.1) is 7.11 Å². The number of nitrogens with one attached hydrogen (secondary N) is 2. The first-order chi connectivity index (χ1) is 15.2. The van der Waals surface area contributed by atoms with Crippen molar-refractivity contribution in [3.8, 4) is 0 Å². The maximum absolute atomic E-state index is 12.1. The third-order valence-electron chi connectivity index (χ3n) is 5.50. The van der Waals surface area contributed by atoms with Crippen LogP contribution in [-0.2, 0) is 14.3 Å². The smallest absolute Gasteiger partial charge is 0.328 e. The molecule has 6 heteroatoms. The number of rotatable bonds is 22. The Morgan fingerprint density at radius 1 is 0.839 bits per heavy atom. The van der Waals surface area contributed by atoms with Crippen molar-refractivity contribution < 1.29 is 14.3 Å². The topological polar surface area (TPSA) is 67.4 Å². The van der Waals surface area contributed by atoms with Crippen molar-refractivity contribution in [3.05, 3.63) is 12.2 Å². The molecule has 0 rings (SSSR count). The molecule has 0 aliphatic rings. The zero-order chi connectivity index (χ0) is 23.0. The summed E-state index contributed by atoms with van der Waals surface area (Å²) in [7, 11) is 1.35. The second-order valence-corrected chi connectivity index (χ2v) is 8.62. The van der Waals surface area contributed by atoms with Gasteiger partial charge < -0.3 is 10.1 Å². The predicted molar refractivity (Wildman–Crippen MR) is 131 cm³/mol. The third-order valence-corrected chi connectivity index (χ3v) is 5.69. The molecule has 0 radical (unpaired) electrons. The highest BCUT2D eigenvalue weighted by Crippen LogP contribution is 2.10. The van der Waals surface area contributed by atoms with Crippen molar-refractivity contribution in [2.45, 2.75) is 122 Å². The van der Waals surface area contributed by atoms with E-state index in [1.807, 2.05) is 0 Å². The maximum atomic E-state index is 12.1. The van der Waals surface area contributed by atoms with Gasteiger partial charge in [-0.25, -0.2) is 9.63 Å². The molecule has 0 saturated carbocycles. The van der Waals surface area contributed by atoms with Crippen LogP contribution in [0.15, 0.2) is 12.2 Å². The Hall–Kier alpha value is -1.07. The number of allylic oxidation sites excluding steroid dienone is 2. The molecule has 182 valence electrons. The minimum atomic E-state index is -0.559. The van der Waals surface area contributed by atoms with E-state index in [-0.39, 0.29) is 11.9 Å². The van der Waals surface area contributed by atoms with Crippen LogP contribution in [0, 0.1) is 0 Å². The van der Waals surface area contributed by atoms with Gasteiger partial charge in [-0.1, -0.05) is 70.4 Å². The fourth-order valence-corrected chi connectivity index (χ4v) is 3.69. The van der Waals surface area contributed by atoms with Crippen LogP contribution >= 0.6 is 11.8 Å². The van der Waals surface area contributed by atoms with Crippen molar-refractivity contribution in [3.63, 3.8) is 0 Å². The fourth-order valence-electron chi connectivity index (χ4n) is 3.55. The van der Waals surface area contributed by atoms with E-state index in [0.29, 0.717) is 19.4 Å². The third kappa shape index (κ3) is 20.6. The standard InChI is InChI=1S/C25H47ClN2O3/c1-3-4-5-6-7-8-9-10-11-12-13-14-15-16-17-21-24(29)28-23(25(30)31-2)20-18-19-22-27-26/h10-11,23,27H,3-9,12-22H2,1-2H3,(H,28,29)/b11-10-/t23-/m0/s1. The zero-order valence-electron chi connectivity index (χ0n) is 20.1. The lowest BCUT2D eigenvalue weighted by atomic mass is 10.1. The largest absolute Gasteiger partial charge is 0.467 e. The van der Waals surface area contributed by atoms with Crippen LogP contribution in [0.4, 0.5) is 0 Å². The molecular formula is C25H47ClN2O3. The number of hydrogen-bond donors (Lipinski definition) is 2. The van der Waals surface area contributed by atoms with Crippen molar-refractivity contribution in [1.82, 2.24) is 10.2 Å². The number of carbonyl (C=O) groups is 2. The van der Waals surface area contributed by atoms with Crippen LogP contribution in [0.1, 0.15) is 116 Å². The first-order valence-corrected chi connectivity index (χ1v) is 12.9. The zero-order valence-corrected chi connectivity index (χ0v) is 20.8. The Morgan fingerprint density at radius 2 is 1.42 bits per heavy atom. The van der Waals surface area contributed by atoms with Gasteiger partial charge in [0.2, 0.25) is 5.91 Å². The minimum absolute atomic E-state index is 0.0662. The normalized spacial score (nSPS) is 12.2. The average molecular weight is 459 g/mol. The molecule has 0 fully saturated rings. The Morgan fingerprint density at radius 3 is 2.00 bits per heavy atom. The quantitative estimate of drug-likeness (QED) is 0.0830. The van der Waals surface area contributed by atoms with E-state index >= 15 is 0 Å². The molecule has 0 saturated heterocycles. The van der Waals surface area contributed by atoms with Crippen molar-refractivity contribution in [2.24, 2.45) is 0 Å². The van der Waals surface area contributed by atoms with Crippen LogP contribution in [-0.4, -0.2) is 31.6 Å². The van der Waals surface area contributed by atoms with E-state index < -0.39 is 6.04 Å². The summed E-state index contributed by atoms with van der Waals surface area (Å²) >= 11 is 5.43. The summed E-state index contributed by atoms with van der Waals surface area (Å²) in [5, 5.41) is 2.82. The molecule has 31 heavy (non-hydrogen) atoms. The Balaban J connectivity index is 3.64. The first-order valence-electron chi connectivity index (χ1n) is 12.5. The van der Waals surface area contributed by atoms with Crippen molar-refractivity contribution >= 4 is 23.7 Å². The number of carbonyl (C=O) groups excluding carboxylic acids is 2. The molecule has 0 aliphatic carbocycles. The van der Waals surface area contributed by atoms with Crippen LogP contribution in [0.3, 0.4) is 0 Å². The lowest BCUT2D eigenvalue weighted by Gasteiger charge is -2.16. The van der Waals surface area contributed by atoms with Gasteiger partial charge in [0, 0.05) is 13.0 Å². The molecule has 0 heterocycles. The predicted octanol–water partition coefficient (Wildman–Crippen LogP) is 6.60. The number of ether oxygens (including phenoxy) is 1. The number of esters is 1. The summed E-state index contributed by atoms with van der Waals surface area (Å²) in [5.74, 6) is -0.444. The summed E-state index contributed by atoms with van der Waals surface area (Å²) in [6, 6.07) is -0.559. The van der Waals surface area contributed by atoms with Gasteiger partial charge in [-0.3, -0.25) is 4.79 Å². The molecule has 5 nitrogen and oxygen atoms in total. The van der Waals surface area contributed by atoms with Crippen LogP contribution in [0.5, 0.6) is 0 Å². The second-order valence-electron chi connectivity index (χ2n) is 8.36. The Bertz CT molecular complexity index is 458. The Kier molecular flexibility index (Phi) is 22.8. The molecule has 0 aromatic heterocycles. The molecule has 1 amide bonds. The van der Waals surface area contributed by atoms with E-state index in [4.69, 9.17) is 16.5 Å². The summed E-state index contributed by atoms with van der Waals surface area (Å²) in [6.45, 7) is 2.94. The molecule has 2 N–H and O–H groups in total. The van der Waals surface area contributed by atoms with E-state index in [1.54, 1.807) is 0 Å². The van der Waals surface area contributed by atoms with Gasteiger partial charge in [-0.2, -0.15) is 0 Å². The average Bonchev–Trinajstić information content (AvgIpc) is 2.77. The van der Waals surface area contributed by atoms with Crippen LogP contribution < -0.4 is 10.2 Å². The van der Waals surface area contributed by atoms with Gasteiger partial charge in [0.25, 0.3) is 0 Å². The van der Waals surface area contributed by atoms with E-state index in [1.165, 1.54) is 64.9 Å². The van der Waals surface area contributed by atoms with Crippen molar-refractivity contribution in [1.29, 1.82) is 0 Å². The molecular weight excluding hydrogens is 412 g/mol. The van der Waals surface area contributed by atoms with E-state index in [0.717, 1.165) is 38.5 Å². The lowest BCUT2D eigenvalue weighted by molar-refractivity contribution is -0.145. The highest BCUT2D eigenvalue weighted by Gasteiger charge is 2.20. The number of halogens is 1. The van der Waals surface area contributed by atoms with Gasteiger partial charge in [-0.05, 0) is 63.1 Å². The van der Waals surface area contributed by atoms with Gasteiger partial charge >= 0.3 is 5.97 Å². The minimum Gasteiger partial charge on any atom is -0.467 e. The maximum Gasteiger partial charge on any atom is 0.328 e.